The third-order valence-corrected chi connectivity index (χ3v) is 0.480. The zero-order valence-corrected chi connectivity index (χ0v) is 4.02. The van der Waals surface area contributed by atoms with Crippen LogP contribution in [0.4, 0.5) is 0 Å². The molecule has 0 aliphatic heterocycles. The summed E-state index contributed by atoms with van der Waals surface area (Å²) in [5.41, 5.74) is 0.231. The van der Waals surface area contributed by atoms with E-state index >= 15 is 0 Å². The minimum atomic E-state index is -0.653. The summed E-state index contributed by atoms with van der Waals surface area (Å²) in [5, 5.41) is 0. The first-order valence-corrected chi connectivity index (χ1v) is 1.76. The lowest BCUT2D eigenvalue weighted by Crippen LogP contribution is -1.97. The molecule has 0 N–H and O–H groups in total. The molecule has 0 amide bonds. The van der Waals surface area contributed by atoms with Crippen LogP contribution in [0.3, 0.4) is 0 Å². The van der Waals surface area contributed by atoms with E-state index < -0.39 is 5.78 Å². The van der Waals surface area contributed by atoms with Crippen LogP contribution in [0.2, 0.25) is 0 Å². The van der Waals surface area contributed by atoms with Gasteiger partial charge >= 0.3 is 0 Å². The average molecular weight is 97.1 g/mol. The Kier molecular flexibility index (Phi) is 1.99. The highest BCUT2D eigenvalue weighted by molar-refractivity contribution is 6.32. The Balaban J connectivity index is 3.81. The van der Waals surface area contributed by atoms with Gasteiger partial charge in [0.05, 0.1) is 0 Å². The summed E-state index contributed by atoms with van der Waals surface area (Å²) in [4.78, 5) is 19.4. The van der Waals surface area contributed by atoms with Crippen molar-refractivity contribution >= 4 is 12.1 Å². The van der Waals surface area contributed by atoms with Crippen LogP contribution in [0.1, 0.15) is 6.92 Å². The highest BCUT2D eigenvalue weighted by Crippen LogP contribution is 1.82. The van der Waals surface area contributed by atoms with E-state index in [0.29, 0.717) is 0 Å². The molecule has 0 aliphatic carbocycles. The zero-order chi connectivity index (χ0) is 5.86. The van der Waals surface area contributed by atoms with Gasteiger partial charge in [0.15, 0.2) is 0 Å². The van der Waals surface area contributed by atoms with Gasteiger partial charge in [-0.1, -0.05) is 6.58 Å². The monoisotopic (exact) mass is 97.0 g/mol. The third-order valence-electron chi connectivity index (χ3n) is 0.480. The Labute approximate surface area is 41.8 Å². The topological polar surface area (TPSA) is 34.1 Å². The van der Waals surface area contributed by atoms with Gasteiger partial charge in [-0.2, -0.15) is 0 Å². The quantitative estimate of drug-likeness (QED) is 0.365. The van der Waals surface area contributed by atoms with Crippen LogP contribution in [-0.4, -0.2) is 12.1 Å². The van der Waals surface area contributed by atoms with Gasteiger partial charge in [-0.05, 0) is 12.5 Å². The molecule has 2 nitrogen and oxygen atoms in total. The molecule has 0 aromatic rings. The van der Waals surface area contributed by atoms with Crippen molar-refractivity contribution in [2.24, 2.45) is 0 Å². The molecule has 0 heterocycles. The van der Waals surface area contributed by atoms with E-state index in [4.69, 9.17) is 0 Å². The van der Waals surface area contributed by atoms with Crippen molar-refractivity contribution in [2.75, 3.05) is 0 Å². The van der Waals surface area contributed by atoms with Crippen LogP contribution in [0.15, 0.2) is 12.2 Å². The third kappa shape index (κ3) is 1.87. The number of carbonyl (C=O) groups excluding carboxylic acids is 2. The molecule has 2 heteroatoms. The Morgan fingerprint density at radius 1 is 1.71 bits per heavy atom. The number of hydrogen-bond acceptors (Lipinski definition) is 2. The summed E-state index contributed by atoms with van der Waals surface area (Å²) < 4.78 is 0. The van der Waals surface area contributed by atoms with E-state index in [1.54, 1.807) is 0 Å². The molecule has 0 fully saturated rings. The molecule has 0 atom stereocenters. The van der Waals surface area contributed by atoms with Crippen LogP contribution in [0.5, 0.6) is 0 Å². The number of allylic oxidation sites excluding steroid dienone is 1. The van der Waals surface area contributed by atoms with E-state index in [9.17, 15) is 9.59 Å². The summed E-state index contributed by atoms with van der Waals surface area (Å²) in [7, 11) is 0. The largest absolute Gasteiger partial charge is 0.285 e. The van der Waals surface area contributed by atoms with Crippen molar-refractivity contribution in [2.45, 2.75) is 6.92 Å². The smallest absolute Gasteiger partial charge is 0.277 e. The van der Waals surface area contributed by atoms with Crippen LogP contribution >= 0.6 is 0 Å². The van der Waals surface area contributed by atoms with Crippen LogP contribution < -0.4 is 0 Å². The first-order valence-electron chi connectivity index (χ1n) is 1.76. The van der Waals surface area contributed by atoms with Crippen molar-refractivity contribution in [1.29, 1.82) is 0 Å². The molecule has 0 spiro atoms. The van der Waals surface area contributed by atoms with Crippen LogP contribution in [0, 0.1) is 0 Å². The molecule has 1 radical (unpaired) electrons. The van der Waals surface area contributed by atoms with Gasteiger partial charge in [0.1, 0.15) is 0 Å². The maximum Gasteiger partial charge on any atom is 0.277 e. The molecule has 0 unspecified atom stereocenters. The van der Waals surface area contributed by atoms with Crippen molar-refractivity contribution in [3.63, 3.8) is 0 Å². The second-order valence-electron chi connectivity index (χ2n) is 1.21. The zero-order valence-electron chi connectivity index (χ0n) is 4.02. The molecule has 37 valence electrons. The predicted molar refractivity (Wildman–Crippen MR) is 25.5 cm³/mol. The number of hydrogen-bond donors (Lipinski definition) is 0. The van der Waals surface area contributed by atoms with Crippen molar-refractivity contribution < 1.29 is 9.59 Å². The molecule has 0 aliphatic rings. The van der Waals surface area contributed by atoms with Gasteiger partial charge in [0.25, 0.3) is 6.29 Å². The van der Waals surface area contributed by atoms with Gasteiger partial charge in [-0.3, -0.25) is 9.59 Å². The number of rotatable bonds is 2. The Bertz CT molecular complexity index is 113. The normalized spacial score (nSPS) is 7.57. The fourth-order valence-electron chi connectivity index (χ4n) is 0.0871. The second-order valence-corrected chi connectivity index (χ2v) is 1.21. The van der Waals surface area contributed by atoms with Crippen LogP contribution in [-0.2, 0) is 9.59 Å². The van der Waals surface area contributed by atoms with E-state index in [1.807, 2.05) is 0 Å². The summed E-state index contributed by atoms with van der Waals surface area (Å²) in [6, 6.07) is 0. The number of carbonyl (C=O) groups is 1. The first kappa shape index (κ1) is 6.08. The predicted octanol–water partition coefficient (Wildman–Crippen LogP) is 0.241. The van der Waals surface area contributed by atoms with E-state index in [2.05, 4.69) is 6.58 Å². The van der Waals surface area contributed by atoms with Gasteiger partial charge in [-0.25, -0.2) is 0 Å². The molecular weight excluding hydrogens is 92.1 g/mol. The Hall–Kier alpha value is -0.920. The van der Waals surface area contributed by atoms with Crippen molar-refractivity contribution in [3.05, 3.63) is 12.2 Å². The lowest BCUT2D eigenvalue weighted by atomic mass is 10.2. The molecule has 0 saturated carbocycles. The molecule has 7 heavy (non-hydrogen) atoms. The summed E-state index contributed by atoms with van der Waals surface area (Å²) in [6.07, 6.45) is 1.18. The molecular formula is C5H5O2. The molecule has 0 saturated heterocycles. The fraction of sp³-hybridized carbons (Fsp3) is 0.200. The highest BCUT2D eigenvalue weighted by Gasteiger charge is 1.96. The molecule has 0 bridgehead atoms. The maximum atomic E-state index is 9.99. The van der Waals surface area contributed by atoms with Gasteiger partial charge in [0.2, 0.25) is 5.78 Å². The van der Waals surface area contributed by atoms with E-state index in [1.165, 1.54) is 13.2 Å². The Morgan fingerprint density at radius 2 is 2.14 bits per heavy atom. The first-order chi connectivity index (χ1) is 3.18. The van der Waals surface area contributed by atoms with Crippen LogP contribution in [0.25, 0.3) is 0 Å². The SMILES string of the molecule is C=C(C)C(=O)[C]=O. The lowest BCUT2D eigenvalue weighted by Gasteiger charge is -1.78. The molecule has 0 aromatic heterocycles. The van der Waals surface area contributed by atoms with Gasteiger partial charge < -0.3 is 0 Å². The summed E-state index contributed by atoms with van der Waals surface area (Å²) in [5.74, 6) is -0.653. The van der Waals surface area contributed by atoms with Crippen molar-refractivity contribution in [1.82, 2.24) is 0 Å². The molecule has 0 aromatic carbocycles. The fourth-order valence-corrected chi connectivity index (χ4v) is 0.0871. The highest BCUT2D eigenvalue weighted by atomic mass is 16.2. The lowest BCUT2D eigenvalue weighted by molar-refractivity contribution is -0.109. The maximum absolute atomic E-state index is 9.99. The number of ketones is 1. The Morgan fingerprint density at radius 3 is 2.14 bits per heavy atom. The van der Waals surface area contributed by atoms with E-state index in [0.717, 1.165) is 0 Å². The average Bonchev–Trinajstić information content (AvgIpc) is 1.65. The number of Topliss-reactive ketones (excluding diaryl/α,β-unsaturated/α-hetero) is 1. The minimum absolute atomic E-state index is 0.231. The van der Waals surface area contributed by atoms with Gasteiger partial charge in [-0.15, -0.1) is 0 Å². The summed E-state index contributed by atoms with van der Waals surface area (Å²) in [6.45, 7) is 4.68. The molecule has 0 rings (SSSR count). The standard InChI is InChI=1S/C5H5O2/c1-4(2)5(7)3-6/h1H2,2H3. The minimum Gasteiger partial charge on any atom is -0.285 e. The van der Waals surface area contributed by atoms with Gasteiger partial charge in [0, 0.05) is 0 Å². The van der Waals surface area contributed by atoms with Crippen molar-refractivity contribution in [3.8, 4) is 0 Å². The summed E-state index contributed by atoms with van der Waals surface area (Å²) >= 11 is 0. The van der Waals surface area contributed by atoms with E-state index in [-0.39, 0.29) is 5.57 Å². The second kappa shape index (κ2) is 2.29.